The van der Waals surface area contributed by atoms with E-state index in [9.17, 15) is 5.11 Å². The third-order valence-electron chi connectivity index (χ3n) is 5.04. The number of halogens is 1. The van der Waals surface area contributed by atoms with Crippen molar-refractivity contribution in [2.75, 3.05) is 32.8 Å². The van der Waals surface area contributed by atoms with Crippen LogP contribution in [0.1, 0.15) is 11.7 Å². The Hall–Kier alpha value is -1.92. The highest BCUT2D eigenvalue weighted by Gasteiger charge is 2.23. The quantitative estimate of drug-likeness (QED) is 0.614. The second kappa shape index (κ2) is 9.05. The zero-order chi connectivity index (χ0) is 19.3. The molecule has 1 aliphatic rings. The van der Waals surface area contributed by atoms with Crippen LogP contribution in [0.15, 0.2) is 71.2 Å². The second-order valence-electron chi connectivity index (χ2n) is 7.11. The lowest BCUT2D eigenvalue weighted by Crippen LogP contribution is -2.43. The first-order valence-corrected chi connectivity index (χ1v) is 10.4. The van der Waals surface area contributed by atoms with E-state index < -0.39 is 6.10 Å². The van der Waals surface area contributed by atoms with Crippen LogP contribution >= 0.6 is 15.9 Å². The number of rotatable bonds is 6. The van der Waals surface area contributed by atoms with Gasteiger partial charge in [0.05, 0.1) is 12.7 Å². The van der Waals surface area contributed by atoms with Crippen molar-refractivity contribution in [2.45, 2.75) is 12.2 Å². The number of hydrogen-bond acceptors (Lipinski definition) is 4. The van der Waals surface area contributed by atoms with E-state index in [1.807, 2.05) is 42.5 Å². The first-order valence-electron chi connectivity index (χ1n) is 9.57. The van der Waals surface area contributed by atoms with Crippen LogP contribution in [-0.4, -0.2) is 49.0 Å². The van der Waals surface area contributed by atoms with Crippen molar-refractivity contribution in [3.05, 3.63) is 76.8 Å². The smallest absolute Gasteiger partial charge is 0.127 e. The van der Waals surface area contributed by atoms with Gasteiger partial charge in [0.15, 0.2) is 0 Å². The molecule has 0 radical (unpaired) electrons. The highest BCUT2D eigenvalue weighted by Crippen LogP contribution is 2.26. The number of nitrogens with zero attached hydrogens (tertiary/aromatic N) is 1. The van der Waals surface area contributed by atoms with Crippen molar-refractivity contribution in [1.82, 2.24) is 4.90 Å². The van der Waals surface area contributed by atoms with Gasteiger partial charge in [-0.15, -0.1) is 0 Å². The summed E-state index contributed by atoms with van der Waals surface area (Å²) in [5.74, 6) is 0.812. The van der Waals surface area contributed by atoms with Crippen LogP contribution in [0.2, 0.25) is 0 Å². The fraction of sp³-hybridized carbons (Fsp3) is 0.304. The lowest BCUT2D eigenvalue weighted by molar-refractivity contribution is -0.0459. The molecule has 2 atom stereocenters. The fourth-order valence-electron chi connectivity index (χ4n) is 3.61. The van der Waals surface area contributed by atoms with Gasteiger partial charge in [0.1, 0.15) is 18.5 Å². The minimum atomic E-state index is -0.553. The van der Waals surface area contributed by atoms with Crippen molar-refractivity contribution in [3.63, 3.8) is 0 Å². The van der Waals surface area contributed by atoms with Crippen molar-refractivity contribution < 1.29 is 14.6 Å². The lowest BCUT2D eigenvalue weighted by Gasteiger charge is -2.34. The molecule has 1 aliphatic heterocycles. The van der Waals surface area contributed by atoms with Gasteiger partial charge in [0, 0.05) is 29.5 Å². The van der Waals surface area contributed by atoms with Crippen LogP contribution in [0.5, 0.6) is 5.75 Å². The maximum atomic E-state index is 10.5. The van der Waals surface area contributed by atoms with Crippen molar-refractivity contribution in [2.24, 2.45) is 0 Å². The summed E-state index contributed by atoms with van der Waals surface area (Å²) in [6.45, 7) is 3.10. The first-order chi connectivity index (χ1) is 13.7. The normalized spacial score (nSPS) is 18.9. The molecule has 0 spiro atoms. The number of morpholine rings is 1. The molecular weight excluding hydrogens is 418 g/mol. The number of benzene rings is 3. The van der Waals surface area contributed by atoms with Gasteiger partial charge < -0.3 is 14.6 Å². The number of fused-ring (bicyclic) bond motifs is 1. The highest BCUT2D eigenvalue weighted by molar-refractivity contribution is 9.10. The summed E-state index contributed by atoms with van der Waals surface area (Å²) in [5, 5.41) is 12.7. The average Bonchev–Trinajstić information content (AvgIpc) is 2.73. The first kappa shape index (κ1) is 19.4. The Morgan fingerprint density at radius 1 is 1.07 bits per heavy atom. The molecule has 0 bridgehead atoms. The summed E-state index contributed by atoms with van der Waals surface area (Å²) in [6, 6.07) is 22.3. The van der Waals surface area contributed by atoms with Crippen LogP contribution in [0.25, 0.3) is 10.8 Å². The largest absolute Gasteiger partial charge is 0.490 e. The van der Waals surface area contributed by atoms with Crippen LogP contribution in [0.3, 0.4) is 0 Å². The zero-order valence-corrected chi connectivity index (χ0v) is 17.2. The monoisotopic (exact) mass is 441 g/mol. The van der Waals surface area contributed by atoms with E-state index in [1.54, 1.807) is 0 Å². The minimum absolute atomic E-state index is 0.0352. The molecule has 0 amide bonds. The second-order valence-corrected chi connectivity index (χ2v) is 8.03. The Bertz CT molecular complexity index is 910. The Balaban J connectivity index is 1.33. The highest BCUT2D eigenvalue weighted by atomic mass is 79.9. The summed E-state index contributed by atoms with van der Waals surface area (Å²) in [5.41, 5.74) is 1.16. The number of hydrogen-bond donors (Lipinski definition) is 1. The van der Waals surface area contributed by atoms with Gasteiger partial charge in [-0.2, -0.15) is 0 Å². The van der Waals surface area contributed by atoms with Crippen molar-refractivity contribution in [1.29, 1.82) is 0 Å². The molecule has 1 fully saturated rings. The number of aliphatic hydroxyl groups is 1. The Morgan fingerprint density at radius 3 is 2.71 bits per heavy atom. The standard InChI is InChI=1S/C23H24BrNO3/c24-19-10-8-18(9-11-19)23-15-25(12-13-27-23)14-20(26)16-28-22-7-3-5-17-4-1-2-6-21(17)22/h1-11,20,23,26H,12-16H2. The molecule has 4 rings (SSSR count). The van der Waals surface area contributed by atoms with Gasteiger partial charge in [-0.05, 0) is 29.1 Å². The SMILES string of the molecule is OC(COc1cccc2ccccc12)CN1CCOC(c2ccc(Br)cc2)C1. The maximum absolute atomic E-state index is 10.5. The molecule has 0 saturated carbocycles. The third kappa shape index (κ3) is 4.73. The van der Waals surface area contributed by atoms with Crippen LogP contribution < -0.4 is 4.74 Å². The summed E-state index contributed by atoms with van der Waals surface area (Å²) < 4.78 is 12.9. The van der Waals surface area contributed by atoms with Crippen LogP contribution in [0, 0.1) is 0 Å². The molecular formula is C23H24BrNO3. The van der Waals surface area contributed by atoms with E-state index in [4.69, 9.17) is 9.47 Å². The zero-order valence-electron chi connectivity index (χ0n) is 15.6. The number of β-amino-alcohol motifs (C(OH)–C–C–N with tert-alkyl or cyclic N) is 1. The van der Waals surface area contributed by atoms with E-state index in [1.165, 1.54) is 0 Å². The van der Waals surface area contributed by atoms with Gasteiger partial charge in [-0.3, -0.25) is 4.90 Å². The predicted molar refractivity (Wildman–Crippen MR) is 115 cm³/mol. The minimum Gasteiger partial charge on any atom is -0.490 e. The number of aliphatic hydroxyl groups excluding tert-OH is 1. The van der Waals surface area contributed by atoms with Crippen LogP contribution in [0.4, 0.5) is 0 Å². The summed E-state index contributed by atoms with van der Waals surface area (Å²) in [7, 11) is 0. The Morgan fingerprint density at radius 2 is 1.86 bits per heavy atom. The maximum Gasteiger partial charge on any atom is 0.127 e. The average molecular weight is 442 g/mol. The van der Waals surface area contributed by atoms with E-state index >= 15 is 0 Å². The topological polar surface area (TPSA) is 41.9 Å². The van der Waals surface area contributed by atoms with E-state index in [0.29, 0.717) is 13.2 Å². The molecule has 146 valence electrons. The molecule has 0 aromatic heterocycles. The molecule has 4 nitrogen and oxygen atoms in total. The van der Waals surface area contributed by atoms with Gasteiger partial charge in [0.2, 0.25) is 0 Å². The molecule has 28 heavy (non-hydrogen) atoms. The Labute approximate surface area is 173 Å². The molecule has 0 aliphatic carbocycles. The summed E-state index contributed by atoms with van der Waals surface area (Å²) >= 11 is 3.47. The van der Waals surface area contributed by atoms with Crippen LogP contribution in [-0.2, 0) is 4.74 Å². The lowest BCUT2D eigenvalue weighted by atomic mass is 10.1. The molecule has 2 unspecified atom stereocenters. The van der Waals surface area contributed by atoms with E-state index in [-0.39, 0.29) is 12.7 Å². The van der Waals surface area contributed by atoms with Crippen molar-refractivity contribution >= 4 is 26.7 Å². The van der Waals surface area contributed by atoms with Crippen molar-refractivity contribution in [3.8, 4) is 5.75 Å². The molecule has 3 aromatic carbocycles. The van der Waals surface area contributed by atoms with E-state index in [0.717, 1.165) is 39.6 Å². The predicted octanol–water partition coefficient (Wildman–Crippen LogP) is 4.42. The van der Waals surface area contributed by atoms with E-state index in [2.05, 4.69) is 45.1 Å². The number of ether oxygens (including phenoxy) is 2. The van der Waals surface area contributed by atoms with Gasteiger partial charge in [-0.1, -0.05) is 64.5 Å². The summed E-state index contributed by atoms with van der Waals surface area (Å²) in [4.78, 5) is 2.24. The van der Waals surface area contributed by atoms with Gasteiger partial charge in [0.25, 0.3) is 0 Å². The van der Waals surface area contributed by atoms with Gasteiger partial charge in [-0.25, -0.2) is 0 Å². The molecule has 5 heteroatoms. The summed E-state index contributed by atoms with van der Waals surface area (Å²) in [6.07, 6.45) is -0.518. The van der Waals surface area contributed by atoms with Gasteiger partial charge >= 0.3 is 0 Å². The fourth-order valence-corrected chi connectivity index (χ4v) is 3.87. The molecule has 1 N–H and O–H groups in total. The Kier molecular flexibility index (Phi) is 6.27. The molecule has 3 aromatic rings. The molecule has 1 heterocycles. The molecule has 1 saturated heterocycles. The third-order valence-corrected chi connectivity index (χ3v) is 5.57.